The molecule has 1 aliphatic carbocycles. The van der Waals surface area contributed by atoms with Crippen LogP contribution in [0.2, 0.25) is 0 Å². The normalized spacial score (nSPS) is 16.7. The Labute approximate surface area is 92.5 Å². The van der Waals surface area contributed by atoms with Crippen molar-refractivity contribution < 1.29 is 4.79 Å². The van der Waals surface area contributed by atoms with E-state index in [-0.39, 0.29) is 11.6 Å². The van der Waals surface area contributed by atoms with Crippen LogP contribution in [0.3, 0.4) is 0 Å². The number of hydrogen-bond donors (Lipinski definition) is 1. The molecule has 0 atom stereocenters. The Morgan fingerprint density at radius 3 is 2.47 bits per heavy atom. The first-order valence-electron chi connectivity index (χ1n) is 5.64. The Hall–Kier alpha value is -0.990. The van der Waals surface area contributed by atoms with Gasteiger partial charge in [0.25, 0.3) is 0 Å². The number of nitrogens with zero attached hydrogens (tertiary/aromatic N) is 1. The minimum Gasteiger partial charge on any atom is -0.335 e. The quantitative estimate of drug-likeness (QED) is 0.713. The zero-order valence-electron chi connectivity index (χ0n) is 10.0. The molecule has 3 heteroatoms. The highest BCUT2D eigenvalue weighted by Gasteiger charge is 2.28. The fourth-order valence-electron chi connectivity index (χ4n) is 1.60. The fraction of sp³-hybridized carbons (Fsp3) is 0.750. The molecule has 1 N–H and O–H groups in total. The van der Waals surface area contributed by atoms with Gasteiger partial charge in [0, 0.05) is 18.1 Å². The number of nitrogens with one attached hydrogen (secondary N) is 1. The zero-order valence-corrected chi connectivity index (χ0v) is 10.0. The summed E-state index contributed by atoms with van der Waals surface area (Å²) in [6, 6.07) is 0.430. The molecule has 0 aromatic carbocycles. The molecule has 0 saturated heterocycles. The summed E-state index contributed by atoms with van der Waals surface area (Å²) in [7, 11) is 0. The van der Waals surface area contributed by atoms with Crippen molar-refractivity contribution in [2.75, 3.05) is 6.54 Å². The van der Waals surface area contributed by atoms with E-state index in [0.29, 0.717) is 12.6 Å². The zero-order chi connectivity index (χ0) is 11.5. The van der Waals surface area contributed by atoms with Crippen LogP contribution in [0.5, 0.6) is 0 Å². The van der Waals surface area contributed by atoms with Gasteiger partial charge in [0.2, 0.25) is 0 Å². The van der Waals surface area contributed by atoms with Crippen LogP contribution in [-0.2, 0) is 0 Å². The van der Waals surface area contributed by atoms with E-state index in [1.165, 1.54) is 6.42 Å². The molecule has 1 saturated carbocycles. The molecule has 0 radical (unpaired) electrons. The van der Waals surface area contributed by atoms with Gasteiger partial charge in [-0.15, -0.1) is 6.58 Å². The van der Waals surface area contributed by atoms with Crippen LogP contribution < -0.4 is 5.32 Å². The third kappa shape index (κ3) is 3.26. The maximum atomic E-state index is 12.0. The van der Waals surface area contributed by atoms with Gasteiger partial charge in [-0.1, -0.05) is 6.08 Å². The number of carbonyl (C=O) groups is 1. The molecule has 86 valence electrons. The summed E-state index contributed by atoms with van der Waals surface area (Å²) in [6.45, 7) is 10.4. The molecule has 0 bridgehead atoms. The van der Waals surface area contributed by atoms with Gasteiger partial charge in [-0.3, -0.25) is 0 Å². The average molecular weight is 210 g/mol. The van der Waals surface area contributed by atoms with E-state index >= 15 is 0 Å². The molecule has 0 heterocycles. The predicted octanol–water partition coefficient (Wildman–Crippen LogP) is 2.54. The number of rotatable bonds is 3. The lowest BCUT2D eigenvalue weighted by molar-refractivity contribution is 0.146. The number of urea groups is 1. The summed E-state index contributed by atoms with van der Waals surface area (Å²) in [6.07, 6.45) is 5.25. The van der Waals surface area contributed by atoms with Crippen molar-refractivity contribution in [3.63, 3.8) is 0 Å². The summed E-state index contributed by atoms with van der Waals surface area (Å²) in [5, 5.41) is 3.05. The Kier molecular flexibility index (Phi) is 3.77. The van der Waals surface area contributed by atoms with Gasteiger partial charge >= 0.3 is 6.03 Å². The highest BCUT2D eigenvalue weighted by atomic mass is 16.2. The molecule has 0 unspecified atom stereocenters. The number of carbonyl (C=O) groups excluding carboxylic acids is 1. The van der Waals surface area contributed by atoms with Gasteiger partial charge in [-0.2, -0.15) is 0 Å². The van der Waals surface area contributed by atoms with Crippen LogP contribution in [0.15, 0.2) is 12.7 Å². The molecule has 0 aromatic heterocycles. The van der Waals surface area contributed by atoms with Crippen molar-refractivity contribution in [1.29, 1.82) is 0 Å². The Morgan fingerprint density at radius 2 is 2.13 bits per heavy atom. The Bertz CT molecular complexity index is 238. The second-order valence-electron chi connectivity index (χ2n) is 5.15. The molecule has 1 aliphatic rings. The van der Waals surface area contributed by atoms with Gasteiger partial charge in [0.05, 0.1) is 0 Å². The molecule has 2 amide bonds. The molecule has 1 rings (SSSR count). The lowest BCUT2D eigenvalue weighted by Crippen LogP contribution is -2.53. The van der Waals surface area contributed by atoms with E-state index in [4.69, 9.17) is 0 Å². The molecule has 0 spiro atoms. The van der Waals surface area contributed by atoms with Gasteiger partial charge in [-0.25, -0.2) is 4.79 Å². The SMILES string of the molecule is C=CCN(C(=O)NC1CCC1)C(C)(C)C. The molecule has 0 aromatic rings. The van der Waals surface area contributed by atoms with Gasteiger partial charge in [0.1, 0.15) is 0 Å². The number of hydrogen-bond acceptors (Lipinski definition) is 1. The summed E-state index contributed by atoms with van der Waals surface area (Å²) in [5.41, 5.74) is -0.151. The smallest absolute Gasteiger partial charge is 0.318 e. The summed E-state index contributed by atoms with van der Waals surface area (Å²) < 4.78 is 0. The summed E-state index contributed by atoms with van der Waals surface area (Å²) in [5.74, 6) is 0. The van der Waals surface area contributed by atoms with E-state index in [9.17, 15) is 4.79 Å². The van der Waals surface area contributed by atoms with Crippen LogP contribution >= 0.6 is 0 Å². The lowest BCUT2D eigenvalue weighted by Gasteiger charge is -2.37. The van der Waals surface area contributed by atoms with Gasteiger partial charge < -0.3 is 10.2 Å². The largest absolute Gasteiger partial charge is 0.335 e. The summed E-state index contributed by atoms with van der Waals surface area (Å²) >= 11 is 0. The van der Waals surface area contributed by atoms with Crippen molar-refractivity contribution >= 4 is 6.03 Å². The highest BCUT2D eigenvalue weighted by molar-refractivity contribution is 5.75. The van der Waals surface area contributed by atoms with E-state index in [0.717, 1.165) is 12.8 Å². The molecule has 15 heavy (non-hydrogen) atoms. The van der Waals surface area contributed by atoms with Crippen molar-refractivity contribution in [2.24, 2.45) is 0 Å². The van der Waals surface area contributed by atoms with Crippen molar-refractivity contribution in [3.05, 3.63) is 12.7 Å². The standard InChI is InChI=1S/C12H22N2O/c1-5-9-14(12(2,3)4)11(15)13-10-7-6-8-10/h5,10H,1,6-9H2,2-4H3,(H,13,15). The monoisotopic (exact) mass is 210 g/mol. The summed E-state index contributed by atoms with van der Waals surface area (Å²) in [4.78, 5) is 13.8. The van der Waals surface area contributed by atoms with E-state index in [2.05, 4.69) is 11.9 Å². The van der Waals surface area contributed by atoms with Gasteiger partial charge in [-0.05, 0) is 40.0 Å². The molecular weight excluding hydrogens is 188 g/mol. The molecule has 3 nitrogen and oxygen atoms in total. The second kappa shape index (κ2) is 4.69. The highest BCUT2D eigenvalue weighted by Crippen LogP contribution is 2.20. The minimum absolute atomic E-state index is 0.0344. The van der Waals surface area contributed by atoms with E-state index < -0.39 is 0 Å². The van der Waals surface area contributed by atoms with Crippen LogP contribution in [0.4, 0.5) is 4.79 Å². The van der Waals surface area contributed by atoms with Crippen molar-refractivity contribution in [1.82, 2.24) is 10.2 Å². The second-order valence-corrected chi connectivity index (χ2v) is 5.15. The Morgan fingerprint density at radius 1 is 1.53 bits per heavy atom. The number of amides is 2. The van der Waals surface area contributed by atoms with Crippen LogP contribution in [0.25, 0.3) is 0 Å². The van der Waals surface area contributed by atoms with Crippen molar-refractivity contribution in [3.8, 4) is 0 Å². The third-order valence-corrected chi connectivity index (χ3v) is 2.80. The first kappa shape index (κ1) is 12.1. The Balaban J connectivity index is 2.53. The minimum atomic E-state index is -0.151. The van der Waals surface area contributed by atoms with Crippen molar-refractivity contribution in [2.45, 2.75) is 51.6 Å². The maximum Gasteiger partial charge on any atom is 0.318 e. The third-order valence-electron chi connectivity index (χ3n) is 2.80. The predicted molar refractivity (Wildman–Crippen MR) is 62.8 cm³/mol. The van der Waals surface area contributed by atoms with Crippen LogP contribution in [0.1, 0.15) is 40.0 Å². The first-order valence-corrected chi connectivity index (χ1v) is 5.64. The first-order chi connectivity index (χ1) is 6.95. The topological polar surface area (TPSA) is 32.3 Å². The molecular formula is C12H22N2O. The fourth-order valence-corrected chi connectivity index (χ4v) is 1.60. The maximum absolute atomic E-state index is 12.0. The van der Waals surface area contributed by atoms with Gasteiger partial charge in [0.15, 0.2) is 0 Å². The lowest BCUT2D eigenvalue weighted by atomic mass is 9.93. The average Bonchev–Trinajstić information content (AvgIpc) is 2.05. The van der Waals surface area contributed by atoms with E-state index in [1.54, 1.807) is 6.08 Å². The van der Waals surface area contributed by atoms with Crippen LogP contribution in [0, 0.1) is 0 Å². The molecule has 1 fully saturated rings. The van der Waals surface area contributed by atoms with E-state index in [1.807, 2.05) is 25.7 Å². The molecule has 0 aliphatic heterocycles. The van der Waals surface area contributed by atoms with Crippen LogP contribution in [-0.4, -0.2) is 29.1 Å².